The van der Waals surface area contributed by atoms with E-state index in [4.69, 9.17) is 9.47 Å². The highest BCUT2D eigenvalue weighted by atomic mass is 19.1. The van der Waals surface area contributed by atoms with E-state index < -0.39 is 10.8 Å². The van der Waals surface area contributed by atoms with Gasteiger partial charge in [-0.2, -0.15) is 0 Å². The van der Waals surface area contributed by atoms with E-state index in [1.807, 2.05) is 0 Å². The Bertz CT molecular complexity index is 1010. The van der Waals surface area contributed by atoms with Gasteiger partial charge in [0.25, 0.3) is 5.91 Å². The average Bonchev–Trinajstić information content (AvgIpc) is 2.70. The third-order valence-electron chi connectivity index (χ3n) is 3.67. The molecule has 0 radical (unpaired) electrons. The number of aromatic nitrogens is 1. The molecule has 0 aliphatic rings. The summed E-state index contributed by atoms with van der Waals surface area (Å²) < 4.78 is 23.3. The van der Waals surface area contributed by atoms with Crippen LogP contribution in [-0.4, -0.2) is 22.9 Å². The first-order valence-electron chi connectivity index (χ1n) is 7.99. The van der Waals surface area contributed by atoms with Crippen LogP contribution in [0, 0.1) is 15.9 Å². The number of nitro benzene ring substituents is 1. The molecule has 3 rings (SSSR count). The Morgan fingerprint density at radius 2 is 1.82 bits per heavy atom. The highest BCUT2D eigenvalue weighted by Gasteiger charge is 2.18. The summed E-state index contributed by atoms with van der Waals surface area (Å²) in [6, 6.07) is 12.4. The third-order valence-corrected chi connectivity index (χ3v) is 3.67. The summed E-state index contributed by atoms with van der Waals surface area (Å²) in [4.78, 5) is 26.8. The number of ether oxygens (including phenoxy) is 2. The van der Waals surface area contributed by atoms with E-state index in [1.165, 1.54) is 55.8 Å². The molecule has 28 heavy (non-hydrogen) atoms. The first-order valence-corrected chi connectivity index (χ1v) is 7.99. The summed E-state index contributed by atoms with van der Waals surface area (Å²) in [5.41, 5.74) is -0.230. The summed E-state index contributed by atoms with van der Waals surface area (Å²) in [6.45, 7) is 0. The lowest BCUT2D eigenvalue weighted by molar-refractivity contribution is -0.385. The Hall–Kier alpha value is -4.01. The highest BCUT2D eigenvalue weighted by Crippen LogP contribution is 2.28. The van der Waals surface area contributed by atoms with Crippen LogP contribution in [-0.2, 0) is 0 Å². The van der Waals surface area contributed by atoms with E-state index in [9.17, 15) is 19.3 Å². The van der Waals surface area contributed by atoms with Crippen molar-refractivity contribution in [3.8, 4) is 17.2 Å². The van der Waals surface area contributed by atoms with Crippen molar-refractivity contribution in [3.05, 3.63) is 82.3 Å². The number of carbonyl (C=O) groups is 1. The number of methoxy groups -OCH3 is 1. The number of anilines is 1. The normalized spacial score (nSPS) is 10.2. The minimum absolute atomic E-state index is 0.0574. The summed E-state index contributed by atoms with van der Waals surface area (Å²) in [7, 11) is 1.31. The van der Waals surface area contributed by atoms with Crippen molar-refractivity contribution in [2.75, 3.05) is 12.4 Å². The summed E-state index contributed by atoms with van der Waals surface area (Å²) in [6.07, 6.45) is 1.38. The molecule has 1 aromatic heterocycles. The standard InChI is InChI=1S/C19H14FN3O5/c1-27-17-8-2-12(10-16(17)23(25)26)19(24)22-18-9-7-15(11-21-18)28-14-5-3-13(20)4-6-14/h2-11H,1H3,(H,21,22,24). The molecule has 8 nitrogen and oxygen atoms in total. The molecule has 1 amide bonds. The van der Waals surface area contributed by atoms with Gasteiger partial charge in [-0.25, -0.2) is 9.37 Å². The van der Waals surface area contributed by atoms with Crippen LogP contribution in [0.3, 0.4) is 0 Å². The predicted octanol–water partition coefficient (Wildman–Crippen LogP) is 4.18. The van der Waals surface area contributed by atoms with Gasteiger partial charge in [-0.15, -0.1) is 0 Å². The van der Waals surface area contributed by atoms with E-state index in [2.05, 4.69) is 10.3 Å². The van der Waals surface area contributed by atoms with Crippen molar-refractivity contribution in [2.45, 2.75) is 0 Å². The number of pyridine rings is 1. The fourth-order valence-corrected chi connectivity index (χ4v) is 2.32. The fraction of sp³-hybridized carbons (Fsp3) is 0.0526. The van der Waals surface area contributed by atoms with E-state index in [0.717, 1.165) is 6.07 Å². The zero-order chi connectivity index (χ0) is 20.1. The Kier molecular flexibility index (Phi) is 5.45. The molecule has 0 spiro atoms. The van der Waals surface area contributed by atoms with Crippen LogP contribution < -0.4 is 14.8 Å². The molecule has 0 saturated carbocycles. The first kappa shape index (κ1) is 18.8. The van der Waals surface area contributed by atoms with Gasteiger partial charge in [0.15, 0.2) is 5.75 Å². The molecule has 0 bridgehead atoms. The minimum atomic E-state index is -0.630. The van der Waals surface area contributed by atoms with Crippen LogP contribution in [0.4, 0.5) is 15.9 Å². The lowest BCUT2D eigenvalue weighted by atomic mass is 10.1. The average molecular weight is 383 g/mol. The van der Waals surface area contributed by atoms with Crippen LogP contribution in [0.5, 0.6) is 17.2 Å². The van der Waals surface area contributed by atoms with Crippen LogP contribution >= 0.6 is 0 Å². The Morgan fingerprint density at radius 1 is 1.11 bits per heavy atom. The fourth-order valence-electron chi connectivity index (χ4n) is 2.32. The highest BCUT2D eigenvalue weighted by molar-refractivity contribution is 6.04. The number of hydrogen-bond donors (Lipinski definition) is 1. The first-order chi connectivity index (χ1) is 13.5. The maximum Gasteiger partial charge on any atom is 0.311 e. The lowest BCUT2D eigenvalue weighted by Gasteiger charge is -2.08. The number of carbonyl (C=O) groups excluding carboxylic acids is 1. The Balaban J connectivity index is 1.70. The maximum absolute atomic E-state index is 12.9. The summed E-state index contributed by atoms with van der Waals surface area (Å²) >= 11 is 0. The van der Waals surface area contributed by atoms with Gasteiger partial charge in [0.2, 0.25) is 0 Å². The van der Waals surface area contributed by atoms with Crippen LogP contribution in [0.25, 0.3) is 0 Å². The Morgan fingerprint density at radius 3 is 2.43 bits per heavy atom. The van der Waals surface area contributed by atoms with Crippen LogP contribution in [0.2, 0.25) is 0 Å². The van der Waals surface area contributed by atoms with Gasteiger partial charge < -0.3 is 14.8 Å². The number of rotatable bonds is 6. The van der Waals surface area contributed by atoms with E-state index in [-0.39, 0.29) is 28.6 Å². The number of hydrogen-bond acceptors (Lipinski definition) is 6. The largest absolute Gasteiger partial charge is 0.490 e. The van der Waals surface area contributed by atoms with Gasteiger partial charge in [0.1, 0.15) is 23.1 Å². The molecule has 3 aromatic rings. The van der Waals surface area contributed by atoms with Gasteiger partial charge in [0, 0.05) is 11.6 Å². The molecule has 0 aliphatic heterocycles. The minimum Gasteiger partial charge on any atom is -0.490 e. The summed E-state index contributed by atoms with van der Waals surface area (Å²) in [5.74, 6) is 0.180. The van der Waals surface area contributed by atoms with Crippen molar-refractivity contribution >= 4 is 17.4 Å². The second-order valence-electron chi connectivity index (χ2n) is 5.53. The number of nitrogens with one attached hydrogen (secondary N) is 1. The van der Waals surface area contributed by atoms with Crippen molar-refractivity contribution in [1.29, 1.82) is 0 Å². The second-order valence-corrected chi connectivity index (χ2v) is 5.53. The molecule has 0 aliphatic carbocycles. The molecule has 2 aromatic carbocycles. The van der Waals surface area contributed by atoms with Gasteiger partial charge in [-0.05, 0) is 48.5 Å². The van der Waals surface area contributed by atoms with Crippen molar-refractivity contribution in [3.63, 3.8) is 0 Å². The van der Waals surface area contributed by atoms with E-state index in [1.54, 1.807) is 6.07 Å². The van der Waals surface area contributed by atoms with E-state index >= 15 is 0 Å². The molecule has 0 fully saturated rings. The number of amides is 1. The zero-order valence-electron chi connectivity index (χ0n) is 14.6. The SMILES string of the molecule is COc1ccc(C(=O)Nc2ccc(Oc3ccc(F)cc3)cn2)cc1[N+](=O)[O-]. The lowest BCUT2D eigenvalue weighted by Crippen LogP contribution is -2.13. The molecule has 0 unspecified atom stereocenters. The quantitative estimate of drug-likeness (QED) is 0.506. The molecule has 9 heteroatoms. The topological polar surface area (TPSA) is 104 Å². The molecular weight excluding hydrogens is 369 g/mol. The number of nitro groups is 1. The van der Waals surface area contributed by atoms with Crippen molar-refractivity contribution < 1.29 is 23.6 Å². The van der Waals surface area contributed by atoms with Crippen molar-refractivity contribution in [1.82, 2.24) is 4.98 Å². The Labute approximate surface area is 158 Å². The number of nitrogens with zero attached hydrogens (tertiary/aromatic N) is 2. The number of halogens is 1. The molecule has 0 atom stereocenters. The second kappa shape index (κ2) is 8.12. The van der Waals surface area contributed by atoms with Gasteiger partial charge in [-0.1, -0.05) is 0 Å². The smallest absolute Gasteiger partial charge is 0.311 e. The summed E-state index contributed by atoms with van der Waals surface area (Å²) in [5, 5.41) is 13.6. The molecule has 1 heterocycles. The molecule has 1 N–H and O–H groups in total. The van der Waals surface area contributed by atoms with Gasteiger partial charge in [-0.3, -0.25) is 14.9 Å². The molecule has 0 saturated heterocycles. The van der Waals surface area contributed by atoms with Gasteiger partial charge in [0.05, 0.1) is 18.2 Å². The molecular formula is C19H14FN3O5. The number of benzene rings is 2. The third kappa shape index (κ3) is 4.39. The zero-order valence-corrected chi connectivity index (χ0v) is 14.6. The van der Waals surface area contributed by atoms with Crippen LogP contribution in [0.1, 0.15) is 10.4 Å². The monoisotopic (exact) mass is 383 g/mol. The van der Waals surface area contributed by atoms with E-state index in [0.29, 0.717) is 11.5 Å². The maximum atomic E-state index is 12.9. The molecule has 142 valence electrons. The van der Waals surface area contributed by atoms with Crippen LogP contribution in [0.15, 0.2) is 60.8 Å². The van der Waals surface area contributed by atoms with Gasteiger partial charge >= 0.3 is 5.69 Å². The van der Waals surface area contributed by atoms with Crippen molar-refractivity contribution in [2.24, 2.45) is 0 Å². The predicted molar refractivity (Wildman–Crippen MR) is 98.3 cm³/mol.